The molecule has 1 fully saturated rings. The molecule has 0 saturated heterocycles. The molecule has 0 atom stereocenters. The van der Waals surface area contributed by atoms with Crippen molar-refractivity contribution >= 4 is 0 Å². The SMILES string of the molecule is CC(C)(C)NC1CCC(C(C)(C)C)CC1. The zero-order chi connectivity index (χ0) is 11.7. The van der Waals surface area contributed by atoms with Crippen LogP contribution in [0.3, 0.4) is 0 Å². The third kappa shape index (κ3) is 4.55. The van der Waals surface area contributed by atoms with Crippen LogP contribution in [0.4, 0.5) is 0 Å². The smallest absolute Gasteiger partial charge is 0.00990 e. The molecule has 1 heteroatoms. The van der Waals surface area contributed by atoms with Crippen LogP contribution >= 0.6 is 0 Å². The van der Waals surface area contributed by atoms with E-state index in [9.17, 15) is 0 Å². The van der Waals surface area contributed by atoms with Crippen LogP contribution < -0.4 is 5.32 Å². The highest BCUT2D eigenvalue weighted by Gasteiger charge is 2.30. The molecule has 1 aliphatic rings. The standard InChI is InChI=1S/C14H29N/c1-13(2,3)11-7-9-12(10-8-11)15-14(4,5)6/h11-12,15H,7-10H2,1-6H3. The van der Waals surface area contributed by atoms with E-state index < -0.39 is 0 Å². The van der Waals surface area contributed by atoms with Crippen LogP contribution in [0.15, 0.2) is 0 Å². The fourth-order valence-electron chi connectivity index (χ4n) is 2.72. The van der Waals surface area contributed by atoms with Crippen LogP contribution in [0, 0.1) is 11.3 Å². The lowest BCUT2D eigenvalue weighted by Gasteiger charge is -2.39. The Bertz CT molecular complexity index is 186. The van der Waals surface area contributed by atoms with E-state index in [1.165, 1.54) is 25.7 Å². The van der Waals surface area contributed by atoms with Gasteiger partial charge in [-0.1, -0.05) is 20.8 Å². The van der Waals surface area contributed by atoms with Crippen molar-refractivity contribution < 1.29 is 0 Å². The molecule has 0 aromatic rings. The zero-order valence-electron chi connectivity index (χ0n) is 11.5. The highest BCUT2D eigenvalue weighted by molar-refractivity contribution is 4.86. The molecule has 0 aromatic carbocycles. The predicted molar refractivity (Wildman–Crippen MR) is 68.1 cm³/mol. The maximum atomic E-state index is 3.73. The molecule has 1 saturated carbocycles. The quantitative estimate of drug-likeness (QED) is 0.692. The van der Waals surface area contributed by atoms with Crippen molar-refractivity contribution in [1.82, 2.24) is 5.32 Å². The Labute approximate surface area is 96.0 Å². The topological polar surface area (TPSA) is 12.0 Å². The summed E-state index contributed by atoms with van der Waals surface area (Å²) >= 11 is 0. The third-order valence-electron chi connectivity index (χ3n) is 3.59. The normalized spacial score (nSPS) is 29.2. The summed E-state index contributed by atoms with van der Waals surface area (Å²) in [5.41, 5.74) is 0.784. The van der Waals surface area contributed by atoms with E-state index in [-0.39, 0.29) is 5.54 Å². The molecule has 1 aliphatic carbocycles. The number of nitrogens with one attached hydrogen (secondary N) is 1. The van der Waals surface area contributed by atoms with Gasteiger partial charge in [0.05, 0.1) is 0 Å². The summed E-state index contributed by atoms with van der Waals surface area (Å²) in [7, 11) is 0. The van der Waals surface area contributed by atoms with Gasteiger partial charge in [0, 0.05) is 11.6 Å². The highest BCUT2D eigenvalue weighted by atomic mass is 15.0. The Hall–Kier alpha value is -0.0400. The van der Waals surface area contributed by atoms with Gasteiger partial charge < -0.3 is 5.32 Å². The van der Waals surface area contributed by atoms with Gasteiger partial charge in [-0.25, -0.2) is 0 Å². The monoisotopic (exact) mass is 211 g/mol. The van der Waals surface area contributed by atoms with Gasteiger partial charge in [0.1, 0.15) is 0 Å². The van der Waals surface area contributed by atoms with E-state index in [0.717, 1.165) is 12.0 Å². The zero-order valence-corrected chi connectivity index (χ0v) is 11.5. The van der Waals surface area contributed by atoms with Crippen LogP contribution in [0.1, 0.15) is 67.2 Å². The molecule has 15 heavy (non-hydrogen) atoms. The Kier molecular flexibility index (Phi) is 3.86. The molecular formula is C14H29N. The van der Waals surface area contributed by atoms with E-state index in [4.69, 9.17) is 0 Å². The molecule has 0 unspecified atom stereocenters. The van der Waals surface area contributed by atoms with Crippen LogP contribution in [-0.4, -0.2) is 11.6 Å². The first-order valence-electron chi connectivity index (χ1n) is 6.46. The Morgan fingerprint density at radius 1 is 0.800 bits per heavy atom. The van der Waals surface area contributed by atoms with Gasteiger partial charge in [-0.15, -0.1) is 0 Å². The first-order chi connectivity index (χ1) is 6.68. The molecule has 90 valence electrons. The van der Waals surface area contributed by atoms with Gasteiger partial charge in [0.15, 0.2) is 0 Å². The molecule has 0 amide bonds. The molecule has 0 heterocycles. The lowest BCUT2D eigenvalue weighted by Crippen LogP contribution is -2.46. The number of hydrogen-bond acceptors (Lipinski definition) is 1. The van der Waals surface area contributed by atoms with Crippen LogP contribution in [0.25, 0.3) is 0 Å². The summed E-state index contributed by atoms with van der Waals surface area (Å²) in [6, 6.07) is 0.753. The second-order valence-electron chi connectivity index (χ2n) is 7.31. The largest absolute Gasteiger partial charge is 0.309 e. The molecule has 0 aliphatic heterocycles. The van der Waals surface area contributed by atoms with E-state index >= 15 is 0 Å². The lowest BCUT2D eigenvalue weighted by molar-refractivity contribution is 0.150. The van der Waals surface area contributed by atoms with Gasteiger partial charge in [-0.2, -0.15) is 0 Å². The molecule has 1 nitrogen and oxygen atoms in total. The Morgan fingerprint density at radius 2 is 1.27 bits per heavy atom. The minimum Gasteiger partial charge on any atom is -0.309 e. The van der Waals surface area contributed by atoms with Crippen molar-refractivity contribution in [1.29, 1.82) is 0 Å². The molecule has 0 aromatic heterocycles. The van der Waals surface area contributed by atoms with Crippen molar-refractivity contribution in [2.45, 2.75) is 78.8 Å². The lowest BCUT2D eigenvalue weighted by atomic mass is 9.71. The minimum absolute atomic E-state index is 0.277. The van der Waals surface area contributed by atoms with Crippen molar-refractivity contribution in [2.75, 3.05) is 0 Å². The molecule has 0 radical (unpaired) electrons. The van der Waals surface area contributed by atoms with E-state index in [2.05, 4.69) is 46.9 Å². The van der Waals surface area contributed by atoms with Gasteiger partial charge >= 0.3 is 0 Å². The van der Waals surface area contributed by atoms with E-state index in [1.54, 1.807) is 0 Å². The van der Waals surface area contributed by atoms with E-state index in [1.807, 2.05) is 0 Å². The highest BCUT2D eigenvalue weighted by Crippen LogP contribution is 2.37. The summed E-state index contributed by atoms with van der Waals surface area (Å²) in [4.78, 5) is 0. The van der Waals surface area contributed by atoms with E-state index in [0.29, 0.717) is 5.41 Å². The number of hydrogen-bond donors (Lipinski definition) is 1. The fraction of sp³-hybridized carbons (Fsp3) is 1.00. The van der Waals surface area contributed by atoms with Crippen LogP contribution in [0.5, 0.6) is 0 Å². The Balaban J connectivity index is 2.37. The fourth-order valence-corrected chi connectivity index (χ4v) is 2.72. The predicted octanol–water partition coefficient (Wildman–Crippen LogP) is 3.98. The first-order valence-corrected chi connectivity index (χ1v) is 6.46. The molecule has 0 spiro atoms. The van der Waals surface area contributed by atoms with Crippen molar-refractivity contribution in [2.24, 2.45) is 11.3 Å². The van der Waals surface area contributed by atoms with Crippen molar-refractivity contribution in [3.05, 3.63) is 0 Å². The van der Waals surface area contributed by atoms with Crippen LogP contribution in [0.2, 0.25) is 0 Å². The second-order valence-corrected chi connectivity index (χ2v) is 7.31. The van der Waals surface area contributed by atoms with Gasteiger partial charge in [0.2, 0.25) is 0 Å². The van der Waals surface area contributed by atoms with Crippen LogP contribution in [-0.2, 0) is 0 Å². The summed E-state index contributed by atoms with van der Waals surface area (Å²) in [5, 5.41) is 3.73. The van der Waals surface area contributed by atoms with Gasteiger partial charge in [-0.05, 0) is 57.8 Å². The van der Waals surface area contributed by atoms with Crippen molar-refractivity contribution in [3.63, 3.8) is 0 Å². The maximum absolute atomic E-state index is 3.73. The summed E-state index contributed by atoms with van der Waals surface area (Å²) < 4.78 is 0. The van der Waals surface area contributed by atoms with Gasteiger partial charge in [-0.3, -0.25) is 0 Å². The van der Waals surface area contributed by atoms with Crippen molar-refractivity contribution in [3.8, 4) is 0 Å². The van der Waals surface area contributed by atoms with Gasteiger partial charge in [0.25, 0.3) is 0 Å². The first kappa shape index (κ1) is 13.0. The molecule has 1 rings (SSSR count). The summed E-state index contributed by atoms with van der Waals surface area (Å²) in [6.07, 6.45) is 5.52. The average molecular weight is 211 g/mol. The minimum atomic E-state index is 0.277. The second kappa shape index (κ2) is 4.45. The maximum Gasteiger partial charge on any atom is 0.00990 e. The summed E-state index contributed by atoms with van der Waals surface area (Å²) in [6.45, 7) is 14.0. The average Bonchev–Trinajstić information content (AvgIpc) is 2.00. The third-order valence-corrected chi connectivity index (χ3v) is 3.59. The summed E-state index contributed by atoms with van der Waals surface area (Å²) in [5.74, 6) is 0.926. The Morgan fingerprint density at radius 3 is 1.60 bits per heavy atom. The molecule has 0 bridgehead atoms. The molecular weight excluding hydrogens is 182 g/mol. The number of rotatable bonds is 1. The molecule has 1 N–H and O–H groups in total.